The van der Waals surface area contributed by atoms with Crippen LogP contribution in [0.1, 0.15) is 25.3 Å². The van der Waals surface area contributed by atoms with Crippen LogP contribution in [-0.4, -0.2) is 40.8 Å². The number of nitrogens with one attached hydrogen (secondary N) is 2. The van der Waals surface area contributed by atoms with Crippen LogP contribution in [-0.2, 0) is 13.6 Å². The lowest BCUT2D eigenvalue weighted by Crippen LogP contribution is -2.37. The predicted molar refractivity (Wildman–Crippen MR) is 83.6 cm³/mol. The van der Waals surface area contributed by atoms with Gasteiger partial charge in [0.2, 0.25) is 0 Å². The van der Waals surface area contributed by atoms with Crippen molar-refractivity contribution in [1.82, 2.24) is 20.4 Å². The van der Waals surface area contributed by atoms with Gasteiger partial charge in [0.15, 0.2) is 5.96 Å². The molecule has 0 aromatic carbocycles. The second-order valence-electron chi connectivity index (χ2n) is 4.34. The molecule has 5 nitrogen and oxygen atoms in total. The van der Waals surface area contributed by atoms with E-state index in [1.165, 1.54) is 18.6 Å². The van der Waals surface area contributed by atoms with E-state index in [1.54, 1.807) is 4.68 Å². The third-order valence-electron chi connectivity index (χ3n) is 2.59. The monoisotopic (exact) mass is 283 g/mol. The molecule has 19 heavy (non-hydrogen) atoms. The van der Waals surface area contributed by atoms with Crippen LogP contribution >= 0.6 is 11.8 Å². The molecule has 0 saturated carbocycles. The molecule has 1 aromatic heterocycles. The Morgan fingerprint density at radius 1 is 1.42 bits per heavy atom. The quantitative estimate of drug-likeness (QED) is 0.432. The maximum atomic E-state index is 4.55. The highest BCUT2D eigenvalue weighted by atomic mass is 32.2. The lowest BCUT2D eigenvalue weighted by molar-refractivity contribution is 0.734. The number of guanidine groups is 1. The van der Waals surface area contributed by atoms with Crippen molar-refractivity contribution in [2.75, 3.05) is 25.1 Å². The summed E-state index contributed by atoms with van der Waals surface area (Å²) in [6.45, 7) is 4.59. The Balaban J connectivity index is 2.33. The summed E-state index contributed by atoms with van der Waals surface area (Å²) < 4.78 is 1.80. The van der Waals surface area contributed by atoms with Gasteiger partial charge in [0.1, 0.15) is 0 Å². The summed E-state index contributed by atoms with van der Waals surface area (Å²) in [6, 6.07) is 0. The summed E-state index contributed by atoms with van der Waals surface area (Å²) >= 11 is 1.90. The van der Waals surface area contributed by atoms with E-state index in [-0.39, 0.29) is 0 Å². The van der Waals surface area contributed by atoms with Crippen LogP contribution in [0.25, 0.3) is 0 Å². The lowest BCUT2D eigenvalue weighted by atomic mass is 10.3. The summed E-state index contributed by atoms with van der Waals surface area (Å²) in [5.74, 6) is 2.11. The zero-order chi connectivity index (χ0) is 13.9. The van der Waals surface area contributed by atoms with Gasteiger partial charge in [0.05, 0.1) is 12.7 Å². The molecule has 2 N–H and O–H groups in total. The molecule has 0 spiro atoms. The molecule has 1 aromatic rings. The van der Waals surface area contributed by atoms with Gasteiger partial charge in [-0.1, -0.05) is 0 Å². The van der Waals surface area contributed by atoms with Crippen LogP contribution in [0.3, 0.4) is 0 Å². The Labute approximate surface area is 120 Å². The normalized spacial score (nSPS) is 11.6. The van der Waals surface area contributed by atoms with Gasteiger partial charge in [-0.25, -0.2) is 4.99 Å². The van der Waals surface area contributed by atoms with Crippen molar-refractivity contribution in [1.29, 1.82) is 0 Å². The van der Waals surface area contributed by atoms with E-state index < -0.39 is 0 Å². The molecule has 1 heterocycles. The van der Waals surface area contributed by atoms with E-state index in [2.05, 4.69) is 33.9 Å². The maximum absolute atomic E-state index is 4.55. The van der Waals surface area contributed by atoms with Gasteiger partial charge in [0.25, 0.3) is 0 Å². The third kappa shape index (κ3) is 7.10. The molecule has 0 radical (unpaired) electrons. The molecular weight excluding hydrogens is 258 g/mol. The number of thioether (sulfide) groups is 1. The van der Waals surface area contributed by atoms with Crippen LogP contribution in [0.2, 0.25) is 0 Å². The van der Waals surface area contributed by atoms with Crippen LogP contribution in [0.4, 0.5) is 0 Å². The summed E-state index contributed by atoms with van der Waals surface area (Å²) in [5.41, 5.74) is 1.13. The first kappa shape index (κ1) is 15.9. The number of aryl methyl sites for hydroxylation is 1. The van der Waals surface area contributed by atoms with Crippen molar-refractivity contribution in [3.8, 4) is 0 Å². The van der Waals surface area contributed by atoms with E-state index in [9.17, 15) is 0 Å². The smallest absolute Gasteiger partial charge is 0.191 e. The van der Waals surface area contributed by atoms with Crippen molar-refractivity contribution < 1.29 is 0 Å². The molecule has 0 amide bonds. The zero-order valence-electron chi connectivity index (χ0n) is 12.1. The molecule has 0 bridgehead atoms. The van der Waals surface area contributed by atoms with E-state index in [0.29, 0.717) is 6.54 Å². The Kier molecular flexibility index (Phi) is 8.13. The molecule has 6 heteroatoms. The minimum atomic E-state index is 0.661. The molecule has 0 fully saturated rings. The largest absolute Gasteiger partial charge is 0.357 e. The molecule has 0 saturated heterocycles. The SMILES string of the molecule is CCNC(=NCc1cnn(C)c1)NCCCCSC. The van der Waals surface area contributed by atoms with Gasteiger partial charge in [-0.2, -0.15) is 16.9 Å². The number of rotatable bonds is 8. The van der Waals surface area contributed by atoms with Crippen molar-refractivity contribution in [3.05, 3.63) is 18.0 Å². The summed E-state index contributed by atoms with van der Waals surface area (Å²) in [7, 11) is 1.92. The van der Waals surface area contributed by atoms with Crippen molar-refractivity contribution in [3.63, 3.8) is 0 Å². The zero-order valence-corrected chi connectivity index (χ0v) is 13.0. The second-order valence-corrected chi connectivity index (χ2v) is 5.33. The molecular formula is C13H25N5S. The van der Waals surface area contributed by atoms with Gasteiger partial charge >= 0.3 is 0 Å². The summed E-state index contributed by atoms with van der Waals surface area (Å²) in [4.78, 5) is 4.55. The third-order valence-corrected chi connectivity index (χ3v) is 3.29. The fourth-order valence-corrected chi connectivity index (χ4v) is 2.14. The minimum Gasteiger partial charge on any atom is -0.357 e. The molecule has 0 aliphatic rings. The van der Waals surface area contributed by atoms with Gasteiger partial charge < -0.3 is 10.6 Å². The number of unbranched alkanes of at least 4 members (excludes halogenated alkanes) is 1. The van der Waals surface area contributed by atoms with Crippen LogP contribution in [0, 0.1) is 0 Å². The van der Waals surface area contributed by atoms with E-state index in [0.717, 1.165) is 24.6 Å². The standard InChI is InChI=1S/C13H25N5S/c1-4-14-13(15-7-5-6-8-19-3)16-9-12-10-17-18(2)11-12/h10-11H,4-9H2,1-3H3,(H2,14,15,16). The number of aromatic nitrogens is 2. The van der Waals surface area contributed by atoms with Gasteiger partial charge in [0, 0.05) is 31.9 Å². The lowest BCUT2D eigenvalue weighted by Gasteiger charge is -2.10. The molecule has 0 aliphatic heterocycles. The number of hydrogen-bond acceptors (Lipinski definition) is 3. The van der Waals surface area contributed by atoms with Crippen LogP contribution in [0.15, 0.2) is 17.4 Å². The van der Waals surface area contributed by atoms with E-state index >= 15 is 0 Å². The molecule has 0 atom stereocenters. The second kappa shape index (κ2) is 9.72. The molecule has 1 rings (SSSR count). The van der Waals surface area contributed by atoms with Gasteiger partial charge in [-0.05, 0) is 31.8 Å². The number of hydrogen-bond donors (Lipinski definition) is 2. The number of nitrogens with zero attached hydrogens (tertiary/aromatic N) is 3. The maximum Gasteiger partial charge on any atom is 0.191 e. The van der Waals surface area contributed by atoms with Gasteiger partial charge in [-0.15, -0.1) is 0 Å². The Morgan fingerprint density at radius 2 is 2.26 bits per heavy atom. The molecule has 108 valence electrons. The average molecular weight is 283 g/mol. The van der Waals surface area contributed by atoms with Crippen molar-refractivity contribution >= 4 is 17.7 Å². The highest BCUT2D eigenvalue weighted by Crippen LogP contribution is 1.99. The first-order valence-electron chi connectivity index (χ1n) is 6.75. The summed E-state index contributed by atoms with van der Waals surface area (Å²) in [6.07, 6.45) is 8.41. The van der Waals surface area contributed by atoms with Gasteiger partial charge in [-0.3, -0.25) is 4.68 Å². The predicted octanol–water partition coefficient (Wildman–Crippen LogP) is 1.62. The Morgan fingerprint density at radius 3 is 2.89 bits per heavy atom. The Hall–Kier alpha value is -1.17. The highest BCUT2D eigenvalue weighted by Gasteiger charge is 1.98. The summed E-state index contributed by atoms with van der Waals surface area (Å²) in [5, 5.41) is 10.8. The highest BCUT2D eigenvalue weighted by molar-refractivity contribution is 7.98. The minimum absolute atomic E-state index is 0.661. The van der Waals surface area contributed by atoms with Crippen molar-refractivity contribution in [2.24, 2.45) is 12.0 Å². The molecule has 0 unspecified atom stereocenters. The average Bonchev–Trinajstić information content (AvgIpc) is 2.81. The van der Waals surface area contributed by atoms with E-state index in [4.69, 9.17) is 0 Å². The first-order chi connectivity index (χ1) is 9.26. The topological polar surface area (TPSA) is 54.2 Å². The van der Waals surface area contributed by atoms with Crippen molar-refractivity contribution in [2.45, 2.75) is 26.3 Å². The first-order valence-corrected chi connectivity index (χ1v) is 8.14. The Bertz CT molecular complexity index is 375. The van der Waals surface area contributed by atoms with Crippen LogP contribution in [0.5, 0.6) is 0 Å². The van der Waals surface area contributed by atoms with Crippen LogP contribution < -0.4 is 10.6 Å². The fourth-order valence-electron chi connectivity index (χ4n) is 1.64. The molecule has 0 aliphatic carbocycles. The van der Waals surface area contributed by atoms with E-state index in [1.807, 2.05) is 31.2 Å². The number of aliphatic imine (C=N–C) groups is 1. The fraction of sp³-hybridized carbons (Fsp3) is 0.692.